The molecule has 1 atom stereocenters. The minimum atomic E-state index is -0.0226. The molecule has 0 fully saturated rings. The molecule has 0 amide bonds. The Balaban J connectivity index is 0.00000124. The van der Waals surface area contributed by atoms with Crippen LogP contribution in [0.1, 0.15) is 0 Å². The molecule has 7 heteroatoms. The molecule has 0 radical (unpaired) electrons. The van der Waals surface area contributed by atoms with Gasteiger partial charge in [-0.25, -0.2) is 0 Å². The summed E-state index contributed by atoms with van der Waals surface area (Å²) in [5, 5.41) is 0.904. The monoisotopic (exact) mass is 439 g/mol. The van der Waals surface area contributed by atoms with Crippen molar-refractivity contribution in [1.29, 1.82) is 0 Å². The van der Waals surface area contributed by atoms with Crippen molar-refractivity contribution in [3.8, 4) is 22.6 Å². The Hall–Kier alpha value is -2.69. The number of rotatable bonds is 4. The second-order valence-corrected chi connectivity index (χ2v) is 7.56. The predicted molar refractivity (Wildman–Crippen MR) is 132 cm³/mol. The van der Waals surface area contributed by atoms with E-state index >= 15 is 0 Å². The van der Waals surface area contributed by atoms with Crippen molar-refractivity contribution in [2.45, 2.75) is 4.90 Å². The Morgan fingerprint density at radius 1 is 1.00 bits per heavy atom. The molecule has 2 heterocycles. The first-order valence-corrected chi connectivity index (χ1v) is 11.8. The maximum atomic E-state index is 12.6. The van der Waals surface area contributed by atoms with E-state index in [1.165, 1.54) is 0 Å². The van der Waals surface area contributed by atoms with Crippen LogP contribution in [0.4, 0.5) is 5.69 Å². The fourth-order valence-corrected chi connectivity index (χ4v) is 3.80. The van der Waals surface area contributed by atoms with Gasteiger partial charge in [-0.05, 0) is 42.7 Å². The lowest BCUT2D eigenvalue weighted by atomic mass is 10.0. The molecule has 0 saturated carbocycles. The number of hydrogen-bond acceptors (Lipinski definition) is 4. The maximum absolute atomic E-state index is 12.6. The highest BCUT2D eigenvalue weighted by Gasteiger charge is 2.16. The number of nitrogens with zero attached hydrogens (tertiary/aromatic N) is 2. The molecular formula is C23H26N3O2PS. The second kappa shape index (κ2) is 9.41. The normalized spacial score (nSPS) is 10.6. The van der Waals surface area contributed by atoms with Gasteiger partial charge in [0.2, 0.25) is 0 Å². The molecule has 2 aromatic carbocycles. The van der Waals surface area contributed by atoms with E-state index in [2.05, 4.69) is 15.3 Å². The zero-order valence-corrected chi connectivity index (χ0v) is 19.5. The minimum Gasteiger partial charge on any atom is -0.457 e. The number of anilines is 1. The number of nitrogens with two attached hydrogens (primary N) is 1. The van der Waals surface area contributed by atoms with Crippen molar-refractivity contribution in [3.63, 3.8) is 0 Å². The summed E-state index contributed by atoms with van der Waals surface area (Å²) in [6.07, 6.45) is 5.82. The average molecular weight is 440 g/mol. The average Bonchev–Trinajstić information content (AvgIpc) is 3.14. The number of nitrogen functional groups attached to an aromatic ring is 1. The van der Waals surface area contributed by atoms with Crippen molar-refractivity contribution in [2.24, 2.45) is 14.1 Å². The summed E-state index contributed by atoms with van der Waals surface area (Å²) in [6.45, 7) is 1.92. The SMILES string of the molecule is CP.CSc1ccc(Oc2cccc(N)c2)c(-c2cn(C)c(=O)c3c2ccn3C)c1. The van der Waals surface area contributed by atoms with Gasteiger partial charge >= 0.3 is 0 Å². The van der Waals surface area contributed by atoms with Crippen LogP contribution in [0.25, 0.3) is 22.0 Å². The standard InChI is InChI=1S/C22H21N3O2S.CH5P/c1-24-10-9-17-19(13-25(2)22(26)21(17)24)18-12-16(28-3)7-8-20(18)27-15-6-4-5-14(23)11-15;1-2/h4-13H,23H2,1-3H3;2H2,1H3. The number of fused-ring (bicyclic) bond motifs is 1. The van der Waals surface area contributed by atoms with Gasteiger partial charge in [-0.1, -0.05) is 12.7 Å². The highest BCUT2D eigenvalue weighted by Crippen LogP contribution is 2.39. The maximum Gasteiger partial charge on any atom is 0.274 e. The number of benzene rings is 2. The van der Waals surface area contributed by atoms with Crippen LogP contribution >= 0.6 is 21.0 Å². The first kappa shape index (κ1) is 22.0. The lowest BCUT2D eigenvalue weighted by molar-refractivity contribution is 0.484. The molecule has 156 valence electrons. The lowest BCUT2D eigenvalue weighted by Crippen LogP contribution is -2.18. The van der Waals surface area contributed by atoms with Crippen molar-refractivity contribution < 1.29 is 4.74 Å². The number of ether oxygens (including phenoxy) is 1. The number of thioether (sulfide) groups is 1. The van der Waals surface area contributed by atoms with Crippen LogP contribution in [0.5, 0.6) is 11.5 Å². The lowest BCUT2D eigenvalue weighted by Gasteiger charge is -2.15. The van der Waals surface area contributed by atoms with Gasteiger partial charge in [0.15, 0.2) is 0 Å². The molecule has 0 spiro atoms. The largest absolute Gasteiger partial charge is 0.457 e. The first-order valence-electron chi connectivity index (χ1n) is 9.42. The number of pyridine rings is 1. The summed E-state index contributed by atoms with van der Waals surface area (Å²) in [7, 11) is 6.07. The third-order valence-electron chi connectivity index (χ3n) is 4.77. The molecule has 0 saturated heterocycles. The molecule has 1 unspecified atom stereocenters. The van der Waals surface area contributed by atoms with E-state index in [1.807, 2.05) is 73.3 Å². The van der Waals surface area contributed by atoms with E-state index in [-0.39, 0.29) is 5.56 Å². The Morgan fingerprint density at radius 3 is 2.47 bits per heavy atom. The molecular weight excluding hydrogens is 413 g/mol. The minimum absolute atomic E-state index is 0.0226. The first-order chi connectivity index (χ1) is 14.5. The zero-order valence-electron chi connectivity index (χ0n) is 17.5. The topological polar surface area (TPSA) is 62.2 Å². The molecule has 5 nitrogen and oxygen atoms in total. The van der Waals surface area contributed by atoms with Crippen molar-refractivity contribution in [2.75, 3.05) is 18.7 Å². The van der Waals surface area contributed by atoms with E-state index in [0.29, 0.717) is 22.7 Å². The summed E-state index contributed by atoms with van der Waals surface area (Å²) in [5.74, 6) is 1.39. The summed E-state index contributed by atoms with van der Waals surface area (Å²) in [5.41, 5.74) is 9.07. The fourth-order valence-electron chi connectivity index (χ4n) is 3.36. The molecule has 2 aromatic heterocycles. The van der Waals surface area contributed by atoms with Gasteiger partial charge in [0, 0.05) is 59.7 Å². The van der Waals surface area contributed by atoms with Crippen molar-refractivity contribution >= 4 is 37.6 Å². The number of aromatic nitrogens is 2. The third-order valence-corrected chi connectivity index (χ3v) is 5.50. The molecule has 4 aromatic rings. The van der Waals surface area contributed by atoms with Gasteiger partial charge in [-0.3, -0.25) is 4.79 Å². The highest BCUT2D eigenvalue weighted by molar-refractivity contribution is 7.98. The summed E-state index contributed by atoms with van der Waals surface area (Å²) in [6, 6.07) is 15.4. The predicted octanol–water partition coefficient (Wildman–Crippen LogP) is 5.13. The van der Waals surface area contributed by atoms with Gasteiger partial charge < -0.3 is 19.6 Å². The van der Waals surface area contributed by atoms with Crippen LogP contribution in [0.2, 0.25) is 0 Å². The van der Waals surface area contributed by atoms with Crippen LogP contribution in [-0.2, 0) is 14.1 Å². The van der Waals surface area contributed by atoms with Gasteiger partial charge in [-0.15, -0.1) is 21.0 Å². The third kappa shape index (κ3) is 4.25. The molecule has 2 N–H and O–H groups in total. The smallest absolute Gasteiger partial charge is 0.274 e. The van der Waals surface area contributed by atoms with E-state index < -0.39 is 0 Å². The second-order valence-electron chi connectivity index (χ2n) is 6.68. The van der Waals surface area contributed by atoms with E-state index in [1.54, 1.807) is 29.4 Å². The summed E-state index contributed by atoms with van der Waals surface area (Å²) >= 11 is 1.66. The zero-order chi connectivity index (χ0) is 21.8. The molecule has 0 aliphatic heterocycles. The Morgan fingerprint density at radius 2 is 1.77 bits per heavy atom. The number of hydrogen-bond donors (Lipinski definition) is 1. The molecule has 0 aliphatic carbocycles. The van der Waals surface area contributed by atoms with Gasteiger partial charge in [-0.2, -0.15) is 0 Å². The quantitative estimate of drug-likeness (QED) is 0.272. The van der Waals surface area contributed by atoms with Gasteiger partial charge in [0.05, 0.1) is 0 Å². The highest BCUT2D eigenvalue weighted by atomic mass is 32.2. The van der Waals surface area contributed by atoms with Crippen LogP contribution < -0.4 is 16.0 Å². The van der Waals surface area contributed by atoms with Crippen molar-refractivity contribution in [1.82, 2.24) is 9.13 Å². The molecule has 4 rings (SSSR count). The van der Waals surface area contributed by atoms with Gasteiger partial charge in [0.1, 0.15) is 17.0 Å². The Bertz CT molecular complexity index is 1250. The number of aryl methyl sites for hydroxylation is 2. The van der Waals surface area contributed by atoms with E-state index in [0.717, 1.165) is 21.4 Å². The fraction of sp³-hybridized carbons (Fsp3) is 0.174. The van der Waals surface area contributed by atoms with Crippen LogP contribution in [0, 0.1) is 0 Å². The summed E-state index contributed by atoms with van der Waals surface area (Å²) < 4.78 is 9.66. The van der Waals surface area contributed by atoms with E-state index in [4.69, 9.17) is 10.5 Å². The molecule has 30 heavy (non-hydrogen) atoms. The Labute approximate surface area is 183 Å². The molecule has 0 bridgehead atoms. The van der Waals surface area contributed by atoms with E-state index in [9.17, 15) is 4.79 Å². The summed E-state index contributed by atoms with van der Waals surface area (Å²) in [4.78, 5) is 13.7. The molecule has 0 aliphatic rings. The van der Waals surface area contributed by atoms with Crippen LogP contribution in [0.3, 0.4) is 0 Å². The van der Waals surface area contributed by atoms with Gasteiger partial charge in [0.25, 0.3) is 5.56 Å². The Kier molecular flexibility index (Phi) is 6.91. The van der Waals surface area contributed by atoms with Crippen LogP contribution in [0.15, 0.2) is 70.6 Å². The van der Waals surface area contributed by atoms with Crippen LogP contribution in [-0.4, -0.2) is 22.1 Å². The van der Waals surface area contributed by atoms with Crippen molar-refractivity contribution in [3.05, 3.63) is 71.3 Å².